The first-order valence-electron chi connectivity index (χ1n) is 5.59. The van der Waals surface area contributed by atoms with Crippen LogP contribution in [0.5, 0.6) is 0 Å². The summed E-state index contributed by atoms with van der Waals surface area (Å²) in [5.74, 6) is 1.20. The van der Waals surface area contributed by atoms with Gasteiger partial charge in [-0.2, -0.15) is 0 Å². The molecule has 0 bridgehead atoms. The van der Waals surface area contributed by atoms with E-state index in [1.807, 2.05) is 17.9 Å². The minimum absolute atomic E-state index is 0.0114. The second kappa shape index (κ2) is 3.94. The zero-order chi connectivity index (χ0) is 11.8. The maximum absolute atomic E-state index is 12.1. The molecule has 1 fully saturated rings. The van der Waals surface area contributed by atoms with E-state index in [4.69, 9.17) is 4.42 Å². The maximum Gasteiger partial charge on any atom is 0.289 e. The number of hydrogen-bond donors (Lipinski definition) is 1. The molecule has 1 aromatic heterocycles. The van der Waals surface area contributed by atoms with E-state index in [0.717, 1.165) is 18.8 Å². The largest absolute Gasteiger partial charge is 0.456 e. The van der Waals surface area contributed by atoms with Gasteiger partial charge in [0.1, 0.15) is 5.76 Å². The topological polar surface area (TPSA) is 45.5 Å². The van der Waals surface area contributed by atoms with Crippen LogP contribution < -0.4 is 5.32 Å². The van der Waals surface area contributed by atoms with Gasteiger partial charge in [0.15, 0.2) is 5.76 Å². The van der Waals surface area contributed by atoms with Gasteiger partial charge in [0.2, 0.25) is 0 Å². The molecular weight excluding hydrogens is 204 g/mol. The van der Waals surface area contributed by atoms with Crippen LogP contribution in [-0.4, -0.2) is 36.0 Å². The van der Waals surface area contributed by atoms with Crippen molar-refractivity contribution in [3.05, 3.63) is 23.7 Å². The SMILES string of the molecule is Cc1ccc(C(=O)N2CCNC(C)(C)C2)o1. The van der Waals surface area contributed by atoms with Crippen molar-refractivity contribution in [2.75, 3.05) is 19.6 Å². The van der Waals surface area contributed by atoms with E-state index >= 15 is 0 Å². The lowest BCUT2D eigenvalue weighted by molar-refractivity contribution is 0.0619. The molecule has 1 aliphatic rings. The molecule has 0 saturated carbocycles. The first-order chi connectivity index (χ1) is 7.48. The molecule has 0 radical (unpaired) electrons. The predicted molar refractivity (Wildman–Crippen MR) is 61.4 cm³/mol. The zero-order valence-corrected chi connectivity index (χ0v) is 10.0. The fourth-order valence-electron chi connectivity index (χ4n) is 2.02. The molecule has 4 heteroatoms. The molecule has 0 spiro atoms. The monoisotopic (exact) mass is 222 g/mol. The van der Waals surface area contributed by atoms with Gasteiger partial charge in [-0.1, -0.05) is 0 Å². The van der Waals surface area contributed by atoms with Gasteiger partial charge in [-0.05, 0) is 32.9 Å². The standard InChI is InChI=1S/C12H18N2O2/c1-9-4-5-10(16-9)11(15)14-7-6-13-12(2,3)8-14/h4-5,13H,6-8H2,1-3H3. The fourth-order valence-corrected chi connectivity index (χ4v) is 2.02. The van der Waals surface area contributed by atoms with Crippen molar-refractivity contribution in [3.8, 4) is 0 Å². The highest BCUT2D eigenvalue weighted by atomic mass is 16.3. The van der Waals surface area contributed by atoms with Crippen LogP contribution in [-0.2, 0) is 0 Å². The summed E-state index contributed by atoms with van der Waals surface area (Å²) < 4.78 is 5.36. The average molecular weight is 222 g/mol. The highest BCUT2D eigenvalue weighted by Gasteiger charge is 2.30. The van der Waals surface area contributed by atoms with E-state index in [9.17, 15) is 4.79 Å². The molecule has 0 atom stereocenters. The normalized spacial score (nSPS) is 19.8. The van der Waals surface area contributed by atoms with E-state index < -0.39 is 0 Å². The van der Waals surface area contributed by atoms with Crippen LogP contribution >= 0.6 is 0 Å². The summed E-state index contributed by atoms with van der Waals surface area (Å²) in [6, 6.07) is 3.56. The number of rotatable bonds is 1. The third kappa shape index (κ3) is 2.27. The Kier molecular flexibility index (Phi) is 2.76. The number of amides is 1. The summed E-state index contributed by atoms with van der Waals surface area (Å²) in [7, 11) is 0. The summed E-state index contributed by atoms with van der Waals surface area (Å²) in [5, 5.41) is 3.38. The Morgan fingerprint density at radius 3 is 2.81 bits per heavy atom. The van der Waals surface area contributed by atoms with Gasteiger partial charge in [-0.3, -0.25) is 4.79 Å². The molecule has 1 N–H and O–H groups in total. The Labute approximate surface area is 95.6 Å². The first-order valence-corrected chi connectivity index (χ1v) is 5.59. The summed E-state index contributed by atoms with van der Waals surface area (Å²) in [6.45, 7) is 8.32. The fraction of sp³-hybridized carbons (Fsp3) is 0.583. The van der Waals surface area contributed by atoms with Gasteiger partial charge in [0, 0.05) is 25.2 Å². The summed E-state index contributed by atoms with van der Waals surface area (Å²) >= 11 is 0. The van der Waals surface area contributed by atoms with Crippen molar-refractivity contribution in [1.82, 2.24) is 10.2 Å². The average Bonchev–Trinajstić information content (AvgIpc) is 2.62. The molecule has 2 rings (SSSR count). The van der Waals surface area contributed by atoms with Crippen molar-refractivity contribution in [3.63, 3.8) is 0 Å². The number of furan rings is 1. The minimum Gasteiger partial charge on any atom is -0.456 e. The number of piperazine rings is 1. The number of nitrogens with one attached hydrogen (secondary N) is 1. The van der Waals surface area contributed by atoms with Crippen LogP contribution in [0, 0.1) is 6.92 Å². The zero-order valence-electron chi connectivity index (χ0n) is 10.0. The summed E-state index contributed by atoms with van der Waals surface area (Å²) in [5.41, 5.74) is -0.0183. The third-order valence-electron chi connectivity index (χ3n) is 2.81. The Morgan fingerprint density at radius 2 is 2.25 bits per heavy atom. The van der Waals surface area contributed by atoms with Crippen molar-refractivity contribution in [2.45, 2.75) is 26.3 Å². The van der Waals surface area contributed by atoms with Crippen LogP contribution in [0.1, 0.15) is 30.2 Å². The first kappa shape index (κ1) is 11.2. The molecule has 88 valence electrons. The maximum atomic E-state index is 12.1. The molecule has 1 amide bonds. The molecule has 16 heavy (non-hydrogen) atoms. The van der Waals surface area contributed by atoms with Gasteiger partial charge < -0.3 is 14.6 Å². The van der Waals surface area contributed by atoms with E-state index in [1.165, 1.54) is 0 Å². The van der Waals surface area contributed by atoms with Crippen LogP contribution in [0.25, 0.3) is 0 Å². The van der Waals surface area contributed by atoms with Crippen molar-refractivity contribution < 1.29 is 9.21 Å². The van der Waals surface area contributed by atoms with E-state index in [1.54, 1.807) is 6.07 Å². The molecule has 2 heterocycles. The Morgan fingerprint density at radius 1 is 1.50 bits per heavy atom. The molecule has 4 nitrogen and oxygen atoms in total. The van der Waals surface area contributed by atoms with Crippen molar-refractivity contribution in [1.29, 1.82) is 0 Å². The molecule has 1 aromatic rings. The summed E-state index contributed by atoms with van der Waals surface area (Å²) in [6.07, 6.45) is 0. The molecule has 1 aliphatic heterocycles. The second-order valence-corrected chi connectivity index (χ2v) is 4.95. The molecule has 1 saturated heterocycles. The van der Waals surface area contributed by atoms with Crippen molar-refractivity contribution in [2.24, 2.45) is 0 Å². The van der Waals surface area contributed by atoms with Crippen LogP contribution in [0.4, 0.5) is 0 Å². The highest BCUT2D eigenvalue weighted by molar-refractivity contribution is 5.91. The number of hydrogen-bond acceptors (Lipinski definition) is 3. The number of aryl methyl sites for hydroxylation is 1. The smallest absolute Gasteiger partial charge is 0.289 e. The summed E-state index contributed by atoms with van der Waals surface area (Å²) in [4.78, 5) is 13.9. The molecular formula is C12H18N2O2. The van der Waals surface area contributed by atoms with Gasteiger partial charge in [0.05, 0.1) is 0 Å². The van der Waals surface area contributed by atoms with Gasteiger partial charge in [-0.15, -0.1) is 0 Å². The predicted octanol–water partition coefficient (Wildman–Crippen LogP) is 1.41. The Hall–Kier alpha value is -1.29. The van der Waals surface area contributed by atoms with E-state index in [2.05, 4.69) is 19.2 Å². The van der Waals surface area contributed by atoms with Crippen LogP contribution in [0.2, 0.25) is 0 Å². The lowest BCUT2D eigenvalue weighted by Crippen LogP contribution is -2.58. The van der Waals surface area contributed by atoms with E-state index in [0.29, 0.717) is 12.3 Å². The van der Waals surface area contributed by atoms with Crippen LogP contribution in [0.3, 0.4) is 0 Å². The van der Waals surface area contributed by atoms with Gasteiger partial charge in [-0.25, -0.2) is 0 Å². The Bertz CT molecular complexity index is 395. The lowest BCUT2D eigenvalue weighted by atomic mass is 10.0. The Balaban J connectivity index is 2.10. The number of carbonyl (C=O) groups is 1. The quantitative estimate of drug-likeness (QED) is 0.781. The van der Waals surface area contributed by atoms with E-state index in [-0.39, 0.29) is 11.4 Å². The van der Waals surface area contributed by atoms with Crippen molar-refractivity contribution >= 4 is 5.91 Å². The third-order valence-corrected chi connectivity index (χ3v) is 2.81. The molecule has 0 unspecified atom stereocenters. The van der Waals surface area contributed by atoms with Gasteiger partial charge >= 0.3 is 0 Å². The second-order valence-electron chi connectivity index (χ2n) is 4.95. The molecule has 0 aromatic carbocycles. The lowest BCUT2D eigenvalue weighted by Gasteiger charge is -2.38. The highest BCUT2D eigenvalue weighted by Crippen LogP contribution is 2.15. The minimum atomic E-state index is -0.0183. The van der Waals surface area contributed by atoms with Crippen LogP contribution in [0.15, 0.2) is 16.5 Å². The number of carbonyl (C=O) groups excluding carboxylic acids is 1. The van der Waals surface area contributed by atoms with Gasteiger partial charge in [0.25, 0.3) is 5.91 Å². The molecule has 0 aliphatic carbocycles. The number of nitrogens with zero attached hydrogens (tertiary/aromatic N) is 1.